The first-order chi connectivity index (χ1) is 12.6. The van der Waals surface area contributed by atoms with Crippen LogP contribution in [0.15, 0.2) is 48.5 Å². The normalized spacial score (nSPS) is 16.6. The number of ether oxygens (including phenoxy) is 1. The molecule has 1 aliphatic heterocycles. The molecule has 1 aliphatic rings. The minimum atomic E-state index is -0.0729. The zero-order valence-corrected chi connectivity index (χ0v) is 15.7. The first-order valence-corrected chi connectivity index (χ1v) is 9.64. The number of benzene rings is 2. The third kappa shape index (κ3) is 4.02. The predicted molar refractivity (Wildman–Crippen MR) is 106 cm³/mol. The van der Waals surface area contributed by atoms with Gasteiger partial charge in [-0.15, -0.1) is 11.8 Å². The molecule has 2 amide bonds. The number of carbonyl (C=O) groups is 2. The van der Waals surface area contributed by atoms with Gasteiger partial charge in [0.15, 0.2) is 0 Å². The van der Waals surface area contributed by atoms with Crippen LogP contribution < -0.4 is 15.0 Å². The van der Waals surface area contributed by atoms with E-state index in [0.29, 0.717) is 12.2 Å². The number of methoxy groups -OCH3 is 1. The number of nitrogens with zero attached hydrogens (tertiary/aromatic N) is 1. The van der Waals surface area contributed by atoms with E-state index < -0.39 is 0 Å². The Morgan fingerprint density at radius 1 is 1.19 bits per heavy atom. The second-order valence-electron chi connectivity index (χ2n) is 6.05. The molecule has 1 N–H and O–H groups in total. The number of rotatable bonds is 6. The molecule has 0 spiro atoms. The Bertz CT molecular complexity index is 775. The van der Waals surface area contributed by atoms with Crippen molar-refractivity contribution in [2.45, 2.75) is 25.1 Å². The first kappa shape index (κ1) is 18.3. The standard InChI is InChI=1S/C20H22N2O3S/c1-3-4-18(23)21-15-7-5-14(6-8-15)20-22(19(24)13-26-20)16-9-11-17(25-2)12-10-16/h5-12,20H,3-4,13H2,1-2H3,(H,21,23). The van der Waals surface area contributed by atoms with Gasteiger partial charge in [0.2, 0.25) is 11.8 Å². The molecule has 0 aliphatic carbocycles. The molecule has 26 heavy (non-hydrogen) atoms. The van der Waals surface area contributed by atoms with Crippen molar-refractivity contribution in [3.8, 4) is 5.75 Å². The number of hydrogen-bond acceptors (Lipinski definition) is 4. The van der Waals surface area contributed by atoms with Crippen LogP contribution >= 0.6 is 11.8 Å². The highest BCUT2D eigenvalue weighted by Crippen LogP contribution is 2.42. The predicted octanol–water partition coefficient (Wildman–Crippen LogP) is 4.21. The summed E-state index contributed by atoms with van der Waals surface area (Å²) >= 11 is 1.60. The molecule has 136 valence electrons. The van der Waals surface area contributed by atoms with Gasteiger partial charge >= 0.3 is 0 Å². The second-order valence-corrected chi connectivity index (χ2v) is 7.11. The molecule has 0 saturated carbocycles. The molecule has 6 heteroatoms. The molecule has 1 unspecified atom stereocenters. The van der Waals surface area contributed by atoms with Gasteiger partial charge < -0.3 is 10.1 Å². The molecule has 2 aromatic carbocycles. The minimum absolute atomic E-state index is 0.0190. The van der Waals surface area contributed by atoms with E-state index in [2.05, 4.69) is 5.32 Å². The van der Waals surface area contributed by atoms with E-state index in [0.717, 1.165) is 29.1 Å². The molecule has 1 heterocycles. The summed E-state index contributed by atoms with van der Waals surface area (Å²) in [6, 6.07) is 15.2. The quantitative estimate of drug-likeness (QED) is 0.827. The van der Waals surface area contributed by atoms with Crippen LogP contribution in [0.2, 0.25) is 0 Å². The van der Waals surface area contributed by atoms with E-state index >= 15 is 0 Å². The van der Waals surface area contributed by atoms with E-state index in [-0.39, 0.29) is 17.2 Å². The van der Waals surface area contributed by atoms with E-state index in [1.807, 2.05) is 60.4 Å². The summed E-state index contributed by atoms with van der Waals surface area (Å²) in [7, 11) is 1.62. The van der Waals surface area contributed by atoms with Crippen LogP contribution in [0.1, 0.15) is 30.7 Å². The van der Waals surface area contributed by atoms with E-state index in [4.69, 9.17) is 4.74 Å². The largest absolute Gasteiger partial charge is 0.497 e. The van der Waals surface area contributed by atoms with Crippen LogP contribution in [-0.4, -0.2) is 24.7 Å². The average molecular weight is 370 g/mol. The number of hydrogen-bond donors (Lipinski definition) is 1. The minimum Gasteiger partial charge on any atom is -0.497 e. The van der Waals surface area contributed by atoms with Crippen molar-refractivity contribution in [2.24, 2.45) is 0 Å². The molecule has 3 rings (SSSR count). The van der Waals surface area contributed by atoms with Crippen LogP contribution in [0, 0.1) is 0 Å². The van der Waals surface area contributed by atoms with Gasteiger partial charge in [-0.25, -0.2) is 0 Å². The fourth-order valence-electron chi connectivity index (χ4n) is 2.87. The van der Waals surface area contributed by atoms with Crippen molar-refractivity contribution >= 4 is 35.0 Å². The molecule has 1 atom stereocenters. The van der Waals surface area contributed by atoms with Crippen LogP contribution in [0.5, 0.6) is 5.75 Å². The number of nitrogens with one attached hydrogen (secondary N) is 1. The SMILES string of the molecule is CCCC(=O)Nc1ccc(C2SCC(=O)N2c2ccc(OC)cc2)cc1. The monoisotopic (exact) mass is 370 g/mol. The van der Waals surface area contributed by atoms with Crippen LogP contribution in [0.3, 0.4) is 0 Å². The van der Waals surface area contributed by atoms with Crippen LogP contribution in [-0.2, 0) is 9.59 Å². The van der Waals surface area contributed by atoms with Crippen molar-refractivity contribution in [1.29, 1.82) is 0 Å². The number of anilines is 2. The molecule has 2 aromatic rings. The lowest BCUT2D eigenvalue weighted by Crippen LogP contribution is -2.27. The summed E-state index contributed by atoms with van der Waals surface area (Å²) in [6.07, 6.45) is 1.33. The molecule has 1 fully saturated rings. The third-order valence-corrected chi connectivity index (χ3v) is 5.39. The lowest BCUT2D eigenvalue weighted by Gasteiger charge is -2.24. The summed E-state index contributed by atoms with van der Waals surface area (Å²) < 4.78 is 5.19. The molecule has 1 saturated heterocycles. The summed E-state index contributed by atoms with van der Waals surface area (Å²) in [4.78, 5) is 25.9. The maximum absolute atomic E-state index is 12.4. The lowest BCUT2D eigenvalue weighted by atomic mass is 10.1. The Hall–Kier alpha value is -2.47. The smallest absolute Gasteiger partial charge is 0.238 e. The zero-order valence-electron chi connectivity index (χ0n) is 14.9. The first-order valence-electron chi connectivity index (χ1n) is 8.60. The van der Waals surface area contributed by atoms with Crippen LogP contribution in [0.4, 0.5) is 11.4 Å². The van der Waals surface area contributed by atoms with Gasteiger partial charge in [0.1, 0.15) is 11.1 Å². The van der Waals surface area contributed by atoms with E-state index in [1.165, 1.54) is 0 Å². The van der Waals surface area contributed by atoms with Gasteiger partial charge in [-0.05, 0) is 48.4 Å². The van der Waals surface area contributed by atoms with E-state index in [9.17, 15) is 9.59 Å². The van der Waals surface area contributed by atoms with Gasteiger partial charge in [-0.2, -0.15) is 0 Å². The highest BCUT2D eigenvalue weighted by atomic mass is 32.2. The third-order valence-electron chi connectivity index (χ3n) is 4.18. The zero-order chi connectivity index (χ0) is 18.5. The number of thioether (sulfide) groups is 1. The van der Waals surface area contributed by atoms with Gasteiger partial charge in [0.05, 0.1) is 12.9 Å². The fourth-order valence-corrected chi connectivity index (χ4v) is 4.05. The Balaban J connectivity index is 1.78. The number of amides is 2. The Morgan fingerprint density at radius 2 is 1.88 bits per heavy atom. The molecule has 5 nitrogen and oxygen atoms in total. The summed E-state index contributed by atoms with van der Waals surface area (Å²) in [6.45, 7) is 1.98. The van der Waals surface area contributed by atoms with Crippen molar-refractivity contribution in [3.05, 3.63) is 54.1 Å². The lowest BCUT2D eigenvalue weighted by molar-refractivity contribution is -0.116. The summed E-state index contributed by atoms with van der Waals surface area (Å²) in [5, 5.41) is 2.81. The topological polar surface area (TPSA) is 58.6 Å². The van der Waals surface area contributed by atoms with Crippen molar-refractivity contribution in [3.63, 3.8) is 0 Å². The van der Waals surface area contributed by atoms with Crippen molar-refractivity contribution < 1.29 is 14.3 Å². The maximum Gasteiger partial charge on any atom is 0.238 e. The van der Waals surface area contributed by atoms with Crippen LogP contribution in [0.25, 0.3) is 0 Å². The highest BCUT2D eigenvalue weighted by Gasteiger charge is 2.33. The van der Waals surface area contributed by atoms with Crippen molar-refractivity contribution in [1.82, 2.24) is 0 Å². The van der Waals surface area contributed by atoms with Crippen molar-refractivity contribution in [2.75, 3.05) is 23.1 Å². The Labute approximate surface area is 157 Å². The Morgan fingerprint density at radius 3 is 2.50 bits per heavy atom. The molecular formula is C20H22N2O3S. The highest BCUT2D eigenvalue weighted by molar-refractivity contribution is 8.00. The maximum atomic E-state index is 12.4. The molecule has 0 radical (unpaired) electrons. The average Bonchev–Trinajstić information content (AvgIpc) is 3.04. The summed E-state index contributed by atoms with van der Waals surface area (Å²) in [5.74, 6) is 1.32. The fraction of sp³-hybridized carbons (Fsp3) is 0.300. The summed E-state index contributed by atoms with van der Waals surface area (Å²) in [5.41, 5.74) is 2.66. The van der Waals surface area contributed by atoms with Gasteiger partial charge in [-0.1, -0.05) is 19.1 Å². The van der Waals surface area contributed by atoms with Gasteiger partial charge in [-0.3, -0.25) is 14.5 Å². The molecular weight excluding hydrogens is 348 g/mol. The Kier molecular flexibility index (Phi) is 5.83. The molecule has 0 bridgehead atoms. The van der Waals surface area contributed by atoms with Gasteiger partial charge in [0, 0.05) is 17.8 Å². The second kappa shape index (κ2) is 8.27. The van der Waals surface area contributed by atoms with E-state index in [1.54, 1.807) is 18.9 Å². The van der Waals surface area contributed by atoms with Gasteiger partial charge in [0.25, 0.3) is 0 Å². The number of carbonyl (C=O) groups excluding carboxylic acids is 2. The molecule has 0 aromatic heterocycles.